The standard InChI is InChI=1S/C13H26N2O/c14-12-4-6-13(7-5-12)16-11-3-10-15-8-1-2-9-15/h12-13H,1-11,14H2. The molecule has 0 aromatic carbocycles. The van der Waals surface area contributed by atoms with Gasteiger partial charge in [-0.25, -0.2) is 0 Å². The van der Waals surface area contributed by atoms with Gasteiger partial charge in [-0.05, 0) is 58.0 Å². The molecule has 0 bridgehead atoms. The molecule has 0 aromatic heterocycles. The summed E-state index contributed by atoms with van der Waals surface area (Å²) in [6.45, 7) is 4.78. The van der Waals surface area contributed by atoms with Gasteiger partial charge in [0.05, 0.1) is 6.10 Å². The molecule has 3 heteroatoms. The maximum Gasteiger partial charge on any atom is 0.0576 e. The van der Waals surface area contributed by atoms with E-state index in [0.29, 0.717) is 12.1 Å². The van der Waals surface area contributed by atoms with Crippen LogP contribution in [0.4, 0.5) is 0 Å². The van der Waals surface area contributed by atoms with Gasteiger partial charge in [0.15, 0.2) is 0 Å². The first-order valence-electron chi connectivity index (χ1n) is 6.94. The molecule has 1 saturated heterocycles. The maximum absolute atomic E-state index is 5.91. The predicted molar refractivity (Wildman–Crippen MR) is 66.5 cm³/mol. The largest absolute Gasteiger partial charge is 0.378 e. The second-order valence-electron chi connectivity index (χ2n) is 5.31. The van der Waals surface area contributed by atoms with Gasteiger partial charge in [0.25, 0.3) is 0 Å². The summed E-state index contributed by atoms with van der Waals surface area (Å²) in [5, 5.41) is 0. The van der Waals surface area contributed by atoms with Crippen molar-refractivity contribution in [2.24, 2.45) is 5.73 Å². The fraction of sp³-hybridized carbons (Fsp3) is 1.00. The third-order valence-corrected chi connectivity index (χ3v) is 3.89. The summed E-state index contributed by atoms with van der Waals surface area (Å²) in [6.07, 6.45) is 9.12. The van der Waals surface area contributed by atoms with E-state index in [9.17, 15) is 0 Å². The Morgan fingerprint density at radius 3 is 2.44 bits per heavy atom. The molecule has 0 aromatic rings. The van der Waals surface area contributed by atoms with Crippen molar-refractivity contribution >= 4 is 0 Å². The molecule has 0 spiro atoms. The normalized spacial score (nSPS) is 32.1. The van der Waals surface area contributed by atoms with Gasteiger partial charge >= 0.3 is 0 Å². The zero-order chi connectivity index (χ0) is 11.2. The lowest BCUT2D eigenvalue weighted by molar-refractivity contribution is 0.0211. The first-order valence-corrected chi connectivity index (χ1v) is 6.94. The number of rotatable bonds is 5. The lowest BCUT2D eigenvalue weighted by atomic mass is 9.94. The zero-order valence-corrected chi connectivity index (χ0v) is 10.4. The number of hydrogen-bond donors (Lipinski definition) is 1. The quantitative estimate of drug-likeness (QED) is 0.726. The van der Waals surface area contributed by atoms with E-state index in [2.05, 4.69) is 4.90 Å². The van der Waals surface area contributed by atoms with E-state index >= 15 is 0 Å². The molecule has 0 atom stereocenters. The Balaban J connectivity index is 1.48. The van der Waals surface area contributed by atoms with Crippen molar-refractivity contribution in [3.63, 3.8) is 0 Å². The molecule has 1 heterocycles. The maximum atomic E-state index is 5.91. The summed E-state index contributed by atoms with van der Waals surface area (Å²) in [6, 6.07) is 0.435. The van der Waals surface area contributed by atoms with Crippen molar-refractivity contribution in [1.82, 2.24) is 4.90 Å². The molecule has 0 radical (unpaired) electrons. The Bertz CT molecular complexity index is 184. The molecule has 3 nitrogen and oxygen atoms in total. The monoisotopic (exact) mass is 226 g/mol. The molecule has 0 unspecified atom stereocenters. The van der Waals surface area contributed by atoms with Gasteiger partial charge in [0, 0.05) is 19.2 Å². The molecule has 2 aliphatic rings. The Hall–Kier alpha value is -0.120. The lowest BCUT2D eigenvalue weighted by Gasteiger charge is -2.26. The van der Waals surface area contributed by atoms with Crippen molar-refractivity contribution < 1.29 is 4.74 Å². The van der Waals surface area contributed by atoms with E-state index in [1.54, 1.807) is 0 Å². The summed E-state index contributed by atoms with van der Waals surface area (Å²) in [7, 11) is 0. The van der Waals surface area contributed by atoms with Crippen molar-refractivity contribution in [2.45, 2.75) is 57.1 Å². The first kappa shape index (κ1) is 12.3. The third kappa shape index (κ3) is 4.04. The minimum atomic E-state index is 0.435. The van der Waals surface area contributed by atoms with Crippen LogP contribution in [0.25, 0.3) is 0 Å². The molecule has 1 aliphatic carbocycles. The van der Waals surface area contributed by atoms with Crippen molar-refractivity contribution in [2.75, 3.05) is 26.2 Å². The molecule has 0 amide bonds. The van der Waals surface area contributed by atoms with E-state index < -0.39 is 0 Å². The van der Waals surface area contributed by atoms with E-state index in [4.69, 9.17) is 10.5 Å². The first-order chi connectivity index (χ1) is 7.84. The van der Waals surface area contributed by atoms with Crippen LogP contribution in [0, 0.1) is 0 Å². The molecular weight excluding hydrogens is 200 g/mol. The highest BCUT2D eigenvalue weighted by Crippen LogP contribution is 2.19. The van der Waals surface area contributed by atoms with Gasteiger partial charge in [-0.3, -0.25) is 0 Å². The zero-order valence-electron chi connectivity index (χ0n) is 10.4. The van der Waals surface area contributed by atoms with E-state index in [1.807, 2.05) is 0 Å². The highest BCUT2D eigenvalue weighted by molar-refractivity contribution is 4.74. The molecule has 1 aliphatic heterocycles. The second-order valence-corrected chi connectivity index (χ2v) is 5.31. The Morgan fingerprint density at radius 1 is 1.06 bits per heavy atom. The molecule has 1 saturated carbocycles. The highest BCUT2D eigenvalue weighted by atomic mass is 16.5. The molecule has 2 fully saturated rings. The van der Waals surface area contributed by atoms with Crippen LogP contribution in [0.2, 0.25) is 0 Å². The number of nitrogens with zero attached hydrogens (tertiary/aromatic N) is 1. The Labute approximate surface area is 99.3 Å². The van der Waals surface area contributed by atoms with Gasteiger partial charge in [0.1, 0.15) is 0 Å². The summed E-state index contributed by atoms with van der Waals surface area (Å²) >= 11 is 0. The third-order valence-electron chi connectivity index (χ3n) is 3.89. The number of likely N-dealkylation sites (tertiary alicyclic amines) is 1. The van der Waals surface area contributed by atoms with Crippen LogP contribution in [0.1, 0.15) is 44.9 Å². The van der Waals surface area contributed by atoms with Gasteiger partial charge < -0.3 is 15.4 Å². The highest BCUT2D eigenvalue weighted by Gasteiger charge is 2.18. The van der Waals surface area contributed by atoms with Crippen LogP contribution in [-0.2, 0) is 4.74 Å². The average Bonchev–Trinajstić information content (AvgIpc) is 2.80. The average molecular weight is 226 g/mol. The Kier molecular flexibility index (Phi) is 5.07. The van der Waals surface area contributed by atoms with Gasteiger partial charge in [-0.2, -0.15) is 0 Å². The molecule has 94 valence electrons. The number of nitrogens with two attached hydrogens (primary N) is 1. The second kappa shape index (κ2) is 6.58. The minimum Gasteiger partial charge on any atom is -0.378 e. The van der Waals surface area contributed by atoms with Crippen LogP contribution < -0.4 is 5.73 Å². The summed E-state index contributed by atoms with van der Waals surface area (Å²) in [5.41, 5.74) is 5.87. The molecular formula is C13H26N2O. The summed E-state index contributed by atoms with van der Waals surface area (Å²) < 4.78 is 5.91. The smallest absolute Gasteiger partial charge is 0.0576 e. The van der Waals surface area contributed by atoms with Crippen LogP contribution in [0.15, 0.2) is 0 Å². The minimum absolute atomic E-state index is 0.435. The van der Waals surface area contributed by atoms with E-state index in [1.165, 1.54) is 51.7 Å². The van der Waals surface area contributed by atoms with Crippen LogP contribution >= 0.6 is 0 Å². The van der Waals surface area contributed by atoms with Gasteiger partial charge in [0.2, 0.25) is 0 Å². The predicted octanol–water partition coefficient (Wildman–Crippen LogP) is 1.76. The van der Waals surface area contributed by atoms with Crippen LogP contribution in [0.5, 0.6) is 0 Å². The molecule has 2 N–H and O–H groups in total. The summed E-state index contributed by atoms with van der Waals surface area (Å²) in [4.78, 5) is 2.56. The molecule has 2 rings (SSSR count). The SMILES string of the molecule is NC1CCC(OCCCN2CCCC2)CC1. The fourth-order valence-electron chi connectivity index (χ4n) is 2.80. The van der Waals surface area contributed by atoms with Crippen LogP contribution in [-0.4, -0.2) is 43.3 Å². The fourth-order valence-corrected chi connectivity index (χ4v) is 2.80. The van der Waals surface area contributed by atoms with Crippen LogP contribution in [0.3, 0.4) is 0 Å². The van der Waals surface area contributed by atoms with E-state index in [-0.39, 0.29) is 0 Å². The Morgan fingerprint density at radius 2 is 1.75 bits per heavy atom. The number of ether oxygens (including phenoxy) is 1. The van der Waals surface area contributed by atoms with Crippen molar-refractivity contribution in [1.29, 1.82) is 0 Å². The van der Waals surface area contributed by atoms with E-state index in [0.717, 1.165) is 19.4 Å². The topological polar surface area (TPSA) is 38.5 Å². The number of hydrogen-bond acceptors (Lipinski definition) is 3. The molecule has 16 heavy (non-hydrogen) atoms. The van der Waals surface area contributed by atoms with Gasteiger partial charge in [-0.15, -0.1) is 0 Å². The van der Waals surface area contributed by atoms with Crippen molar-refractivity contribution in [3.05, 3.63) is 0 Å². The van der Waals surface area contributed by atoms with Gasteiger partial charge in [-0.1, -0.05) is 0 Å². The summed E-state index contributed by atoms with van der Waals surface area (Å²) in [5.74, 6) is 0. The van der Waals surface area contributed by atoms with Crippen molar-refractivity contribution in [3.8, 4) is 0 Å². The lowest BCUT2D eigenvalue weighted by Crippen LogP contribution is -2.30.